The van der Waals surface area contributed by atoms with Gasteiger partial charge in [0.25, 0.3) is 0 Å². The summed E-state index contributed by atoms with van der Waals surface area (Å²) in [5.41, 5.74) is 13.6. The molecule has 10 aromatic rings. The number of rotatable bonds is 7. The fourth-order valence-corrected chi connectivity index (χ4v) is 6.97. The van der Waals surface area contributed by atoms with Crippen LogP contribution in [0.15, 0.2) is 193 Å². The normalized spacial score (nSPS) is 11.3. The van der Waals surface area contributed by atoms with Gasteiger partial charge in [-0.15, -0.1) is 0 Å². The summed E-state index contributed by atoms with van der Waals surface area (Å²) in [5.74, 6) is 1.26. The average molecular weight is 706 g/mol. The summed E-state index contributed by atoms with van der Waals surface area (Å²) in [6.07, 6.45) is 1.73. The molecule has 6 aromatic carbocycles. The van der Waals surface area contributed by atoms with Crippen molar-refractivity contribution < 1.29 is 4.42 Å². The number of furan rings is 1. The molecule has 0 bridgehead atoms. The predicted molar refractivity (Wildman–Crippen MR) is 221 cm³/mol. The highest BCUT2D eigenvalue weighted by atomic mass is 16.3. The number of fused-ring (bicyclic) bond motifs is 3. The maximum atomic E-state index is 6.29. The first-order chi connectivity index (χ1) is 27.2. The van der Waals surface area contributed by atoms with Crippen LogP contribution in [-0.2, 0) is 0 Å². The van der Waals surface area contributed by atoms with Gasteiger partial charge in [0.15, 0.2) is 17.2 Å². The molecule has 0 saturated carbocycles. The van der Waals surface area contributed by atoms with Gasteiger partial charge in [0.05, 0.1) is 16.8 Å². The van der Waals surface area contributed by atoms with Gasteiger partial charge >= 0.3 is 0 Å². The van der Waals surface area contributed by atoms with Crippen molar-refractivity contribution in [2.75, 3.05) is 0 Å². The van der Waals surface area contributed by atoms with Gasteiger partial charge in [0.1, 0.15) is 11.2 Å². The molecule has 0 aliphatic rings. The molecule has 258 valence electrons. The van der Waals surface area contributed by atoms with Gasteiger partial charge in [0, 0.05) is 34.0 Å². The van der Waals surface area contributed by atoms with Crippen molar-refractivity contribution in [2.45, 2.75) is 0 Å². The minimum atomic E-state index is 0.532. The third kappa shape index (κ3) is 6.22. The van der Waals surface area contributed by atoms with Crippen LogP contribution in [0.25, 0.3) is 101 Å². The Morgan fingerprint density at radius 3 is 1.35 bits per heavy atom. The van der Waals surface area contributed by atoms with Crippen molar-refractivity contribution in [3.05, 3.63) is 188 Å². The summed E-state index contributed by atoms with van der Waals surface area (Å²) < 4.78 is 6.29. The van der Waals surface area contributed by atoms with E-state index in [0.29, 0.717) is 28.6 Å². The molecular formula is C49H31N5O. The lowest BCUT2D eigenvalue weighted by Crippen LogP contribution is -1.96. The van der Waals surface area contributed by atoms with Gasteiger partial charge in [-0.2, -0.15) is 0 Å². The number of pyridine rings is 1. The zero-order chi connectivity index (χ0) is 36.6. The van der Waals surface area contributed by atoms with Crippen LogP contribution in [0.3, 0.4) is 0 Å². The van der Waals surface area contributed by atoms with Gasteiger partial charge in [-0.3, -0.25) is 0 Å². The topological polar surface area (TPSA) is 77.6 Å². The second-order valence-corrected chi connectivity index (χ2v) is 13.3. The minimum Gasteiger partial charge on any atom is -0.434 e. The van der Waals surface area contributed by atoms with Gasteiger partial charge in [-0.1, -0.05) is 164 Å². The van der Waals surface area contributed by atoms with E-state index in [9.17, 15) is 0 Å². The highest BCUT2D eigenvalue weighted by Crippen LogP contribution is 2.36. The molecule has 0 radical (unpaired) electrons. The summed E-state index contributed by atoms with van der Waals surface area (Å²) in [7, 11) is 0. The number of nitrogens with zero attached hydrogens (tertiary/aromatic N) is 5. The largest absolute Gasteiger partial charge is 0.434 e. The smallest absolute Gasteiger partial charge is 0.229 e. The standard InChI is InChI=1S/C49H31N5O/c1-4-11-32(12-5-1)34-18-22-36(23-19-34)42-31-43(52-47(51-42)39-15-8-3-9-16-39)37-24-28-40(29-25-37)48-53-44(46-45(54-48)41-17-10-30-50-49(41)55-46)38-26-20-35(21-27-38)33-13-6-2-7-14-33/h1-31H. The molecule has 4 aromatic heterocycles. The molecule has 6 nitrogen and oxygen atoms in total. The van der Waals surface area contributed by atoms with Gasteiger partial charge < -0.3 is 4.42 Å². The van der Waals surface area contributed by atoms with Crippen LogP contribution in [0.4, 0.5) is 0 Å². The highest BCUT2D eigenvalue weighted by molar-refractivity contribution is 6.06. The Morgan fingerprint density at radius 1 is 0.345 bits per heavy atom. The molecule has 0 atom stereocenters. The molecule has 0 fully saturated rings. The molecule has 0 aliphatic heterocycles. The minimum absolute atomic E-state index is 0.532. The summed E-state index contributed by atoms with van der Waals surface area (Å²) in [4.78, 5) is 24.7. The zero-order valence-corrected chi connectivity index (χ0v) is 29.5. The van der Waals surface area contributed by atoms with Gasteiger partial charge in [-0.05, 0) is 40.5 Å². The quantitative estimate of drug-likeness (QED) is 0.164. The van der Waals surface area contributed by atoms with E-state index < -0.39 is 0 Å². The summed E-state index contributed by atoms with van der Waals surface area (Å²) >= 11 is 0. The van der Waals surface area contributed by atoms with E-state index in [1.165, 1.54) is 5.56 Å². The molecule has 0 amide bonds. The van der Waals surface area contributed by atoms with Crippen molar-refractivity contribution in [3.8, 4) is 78.8 Å². The lowest BCUT2D eigenvalue weighted by Gasteiger charge is -2.11. The van der Waals surface area contributed by atoms with E-state index in [0.717, 1.165) is 66.8 Å². The number of hydrogen-bond donors (Lipinski definition) is 0. The fourth-order valence-electron chi connectivity index (χ4n) is 6.97. The van der Waals surface area contributed by atoms with Crippen LogP contribution in [0.2, 0.25) is 0 Å². The SMILES string of the molecule is c1ccc(-c2ccc(-c3cc(-c4ccc(-c5nc(-c6ccc(-c7ccccc7)cc6)c6oc7ncccc7c6n5)cc4)nc(-c4ccccc4)n3)cc2)cc1. The number of aromatic nitrogens is 5. The molecule has 0 saturated heterocycles. The van der Waals surface area contributed by atoms with Crippen LogP contribution in [0, 0.1) is 0 Å². The van der Waals surface area contributed by atoms with E-state index in [1.54, 1.807) is 6.20 Å². The Morgan fingerprint density at radius 2 is 0.782 bits per heavy atom. The van der Waals surface area contributed by atoms with Crippen LogP contribution in [0.1, 0.15) is 0 Å². The van der Waals surface area contributed by atoms with Crippen LogP contribution >= 0.6 is 0 Å². The molecule has 0 N–H and O–H groups in total. The average Bonchev–Trinajstić information content (AvgIpc) is 3.66. The van der Waals surface area contributed by atoms with E-state index in [-0.39, 0.29) is 0 Å². The number of hydrogen-bond acceptors (Lipinski definition) is 6. The van der Waals surface area contributed by atoms with Gasteiger partial charge in [-0.25, -0.2) is 24.9 Å². The second-order valence-electron chi connectivity index (χ2n) is 13.3. The lowest BCUT2D eigenvalue weighted by molar-refractivity contribution is 0.652. The zero-order valence-electron chi connectivity index (χ0n) is 29.5. The lowest BCUT2D eigenvalue weighted by atomic mass is 10.0. The molecule has 6 heteroatoms. The van der Waals surface area contributed by atoms with Crippen molar-refractivity contribution in [3.63, 3.8) is 0 Å². The molecule has 10 rings (SSSR count). The van der Waals surface area contributed by atoms with Gasteiger partial charge in [0.2, 0.25) is 5.71 Å². The van der Waals surface area contributed by atoms with Crippen molar-refractivity contribution >= 4 is 22.2 Å². The second kappa shape index (κ2) is 13.8. The van der Waals surface area contributed by atoms with E-state index in [4.69, 9.17) is 24.4 Å². The summed E-state index contributed by atoms with van der Waals surface area (Å²) in [6.45, 7) is 0. The van der Waals surface area contributed by atoms with E-state index in [2.05, 4.69) is 120 Å². The Balaban J connectivity index is 1.04. The molecule has 0 aliphatic carbocycles. The van der Waals surface area contributed by atoms with Crippen molar-refractivity contribution in [1.29, 1.82) is 0 Å². The number of benzene rings is 6. The molecular weight excluding hydrogens is 675 g/mol. The first-order valence-electron chi connectivity index (χ1n) is 18.2. The van der Waals surface area contributed by atoms with Crippen LogP contribution in [0.5, 0.6) is 0 Å². The monoisotopic (exact) mass is 705 g/mol. The highest BCUT2D eigenvalue weighted by Gasteiger charge is 2.19. The fraction of sp³-hybridized carbons (Fsp3) is 0. The molecule has 55 heavy (non-hydrogen) atoms. The summed E-state index contributed by atoms with van der Waals surface area (Å²) in [6, 6.07) is 62.0. The maximum absolute atomic E-state index is 6.29. The molecule has 0 unspecified atom stereocenters. The molecule has 4 heterocycles. The Labute approximate surface area is 317 Å². The first kappa shape index (κ1) is 32.1. The van der Waals surface area contributed by atoms with Crippen LogP contribution < -0.4 is 0 Å². The molecule has 0 spiro atoms. The van der Waals surface area contributed by atoms with E-state index >= 15 is 0 Å². The third-order valence-electron chi connectivity index (χ3n) is 9.84. The van der Waals surface area contributed by atoms with E-state index in [1.807, 2.05) is 66.7 Å². The van der Waals surface area contributed by atoms with Crippen molar-refractivity contribution in [2.24, 2.45) is 0 Å². The van der Waals surface area contributed by atoms with Crippen molar-refractivity contribution in [1.82, 2.24) is 24.9 Å². The Hall–Kier alpha value is -7.57. The predicted octanol–water partition coefficient (Wildman–Crippen LogP) is 12.2. The third-order valence-corrected chi connectivity index (χ3v) is 9.84. The first-order valence-corrected chi connectivity index (χ1v) is 18.2. The maximum Gasteiger partial charge on any atom is 0.229 e. The Bertz CT molecular complexity index is 2930. The Kier molecular flexibility index (Phi) is 8.04. The van der Waals surface area contributed by atoms with Crippen LogP contribution in [-0.4, -0.2) is 24.9 Å². The summed E-state index contributed by atoms with van der Waals surface area (Å²) in [5, 5.41) is 0.846.